The van der Waals surface area contributed by atoms with Crippen molar-refractivity contribution in [2.75, 3.05) is 65.6 Å². The number of nitrogens with zero attached hydrogens (tertiary/aromatic N) is 4. The third-order valence-electron chi connectivity index (χ3n) is 4.58. The standard InChI is InChI=1S/C18H39N4O2P.Ni.2Pr/c1-6-20(7-2)13-14-21(8-3)16-18(22(9-4)10-5)17-24-25-23-15-11-12-19;;;/h18,25H,6-11,13-17H2,1-5H3;;;/t18-;;;/m1.../s1. The van der Waals surface area contributed by atoms with Gasteiger partial charge in [0.25, 0.3) is 0 Å². The largest absolute Gasteiger partial charge is 0.335 e. The van der Waals surface area contributed by atoms with Crippen molar-refractivity contribution in [2.45, 2.75) is 47.1 Å². The minimum Gasteiger partial charge on any atom is -0.335 e. The van der Waals surface area contributed by atoms with Crippen molar-refractivity contribution >= 4 is 9.03 Å². The van der Waals surface area contributed by atoms with E-state index < -0.39 is 0 Å². The molecule has 0 aromatic carbocycles. The molecule has 164 valence electrons. The van der Waals surface area contributed by atoms with E-state index in [0.717, 1.165) is 52.4 Å². The van der Waals surface area contributed by atoms with Crippen LogP contribution in [0.5, 0.6) is 0 Å². The Kier molecular flexibility index (Phi) is 38.2. The Labute approximate surface area is 252 Å². The van der Waals surface area contributed by atoms with Crippen LogP contribution in [-0.2, 0) is 25.5 Å². The fourth-order valence-corrected chi connectivity index (χ4v) is 3.35. The summed E-state index contributed by atoms with van der Waals surface area (Å²) in [5, 5.41) is 8.52. The average molecular weight is 715 g/mol. The van der Waals surface area contributed by atoms with E-state index in [0.29, 0.717) is 25.7 Å². The summed E-state index contributed by atoms with van der Waals surface area (Å²) in [5.74, 6) is 0. The molecule has 0 bridgehead atoms. The van der Waals surface area contributed by atoms with Crippen LogP contribution in [0, 0.1) is 93.9 Å². The molecule has 0 aliphatic heterocycles. The maximum absolute atomic E-state index is 8.52. The van der Waals surface area contributed by atoms with Gasteiger partial charge < -0.3 is 18.8 Å². The zero-order valence-corrected chi connectivity index (χ0v) is 27.8. The Morgan fingerprint density at radius 1 is 0.857 bits per heavy atom. The van der Waals surface area contributed by atoms with Crippen LogP contribution < -0.4 is 0 Å². The van der Waals surface area contributed by atoms with Crippen LogP contribution in [0.25, 0.3) is 0 Å². The topological polar surface area (TPSA) is 52.0 Å². The van der Waals surface area contributed by atoms with E-state index >= 15 is 0 Å². The summed E-state index contributed by atoms with van der Waals surface area (Å²) in [5.41, 5.74) is 0. The van der Waals surface area contributed by atoms with Gasteiger partial charge in [-0.25, -0.2) is 0 Å². The van der Waals surface area contributed by atoms with Crippen molar-refractivity contribution in [1.82, 2.24) is 14.7 Å². The fourth-order valence-electron chi connectivity index (χ4n) is 2.82. The van der Waals surface area contributed by atoms with Gasteiger partial charge in [-0.3, -0.25) is 4.90 Å². The summed E-state index contributed by atoms with van der Waals surface area (Å²) in [6.07, 6.45) is 0.421. The summed E-state index contributed by atoms with van der Waals surface area (Å²) < 4.78 is 11.1. The molecule has 1 unspecified atom stereocenters. The average Bonchev–Trinajstić information content (AvgIpc) is 2.64. The second-order valence-electron chi connectivity index (χ2n) is 5.95. The summed E-state index contributed by atoms with van der Waals surface area (Å²) in [4.78, 5) is 7.44. The van der Waals surface area contributed by atoms with Gasteiger partial charge in [0.2, 0.25) is 0 Å². The number of hydrogen-bond donors (Lipinski definition) is 0. The molecule has 0 rings (SSSR count). The third-order valence-corrected chi connectivity index (χ3v) is 5.19. The first kappa shape index (κ1) is 38.2. The van der Waals surface area contributed by atoms with Gasteiger partial charge in [-0.05, 0) is 32.7 Å². The quantitative estimate of drug-likeness (QED) is 0.131. The molecule has 0 saturated carbocycles. The molecule has 0 amide bonds. The molecule has 0 heterocycles. The Hall–Kier alpha value is 2.94. The second-order valence-corrected chi connectivity index (χ2v) is 6.69. The maximum Gasteiger partial charge on any atom is 0.155 e. The van der Waals surface area contributed by atoms with Gasteiger partial charge in [0.1, 0.15) is 0 Å². The van der Waals surface area contributed by atoms with Crippen LogP contribution in [0.4, 0.5) is 0 Å². The molecule has 0 saturated heterocycles. The van der Waals surface area contributed by atoms with Crippen molar-refractivity contribution in [3.05, 3.63) is 0 Å². The maximum atomic E-state index is 8.52. The molecule has 0 aliphatic rings. The van der Waals surface area contributed by atoms with Gasteiger partial charge >= 0.3 is 0 Å². The van der Waals surface area contributed by atoms with Crippen molar-refractivity contribution in [2.24, 2.45) is 0 Å². The van der Waals surface area contributed by atoms with E-state index in [2.05, 4.69) is 55.4 Å². The zero-order chi connectivity index (χ0) is 18.9. The van der Waals surface area contributed by atoms with Crippen LogP contribution in [0.2, 0.25) is 0 Å². The molecule has 10 heteroatoms. The molecule has 28 heavy (non-hydrogen) atoms. The molecule has 6 nitrogen and oxygen atoms in total. The van der Waals surface area contributed by atoms with Crippen molar-refractivity contribution in [3.8, 4) is 6.07 Å². The fraction of sp³-hybridized carbons (Fsp3) is 0.944. The Bertz CT molecular complexity index is 350. The normalized spacial score (nSPS) is 12.0. The van der Waals surface area contributed by atoms with E-state index in [9.17, 15) is 0 Å². The Morgan fingerprint density at radius 2 is 1.39 bits per heavy atom. The first-order valence-electron chi connectivity index (χ1n) is 9.70. The number of hydrogen-bond acceptors (Lipinski definition) is 6. The first-order chi connectivity index (χ1) is 12.2. The van der Waals surface area contributed by atoms with Crippen LogP contribution in [0.15, 0.2) is 0 Å². The minimum atomic E-state index is 0. The summed E-state index contributed by atoms with van der Waals surface area (Å²) in [6.45, 7) is 20.8. The smallest absolute Gasteiger partial charge is 0.155 e. The molecule has 0 aromatic rings. The zero-order valence-electron chi connectivity index (χ0n) is 18.4. The van der Waals surface area contributed by atoms with Gasteiger partial charge in [0.05, 0.1) is 25.7 Å². The predicted octanol–water partition coefficient (Wildman–Crippen LogP) is 2.81. The molecule has 0 aromatic heterocycles. The van der Waals surface area contributed by atoms with E-state index in [1.165, 1.54) is 0 Å². The first-order valence-corrected chi connectivity index (χ1v) is 10.5. The Balaban J connectivity index is -0.000000960. The SMILES string of the molecule is CCN(CC)CCN(CC)C[C@H](COPOCCC#N)N(CC)CC.[Ni].[Pr].[Pr]. The summed E-state index contributed by atoms with van der Waals surface area (Å²) >= 11 is 0. The molecule has 2 radical (unpaired) electrons. The molecule has 0 fully saturated rings. The number of likely N-dealkylation sites (N-methyl/N-ethyl adjacent to an activating group) is 3. The number of rotatable bonds is 17. The second kappa shape index (κ2) is 28.0. The van der Waals surface area contributed by atoms with Gasteiger partial charge in [-0.1, -0.05) is 34.6 Å². The molecule has 0 aliphatic carbocycles. The van der Waals surface area contributed by atoms with Crippen molar-refractivity contribution < 1.29 is 108 Å². The molecule has 0 spiro atoms. The van der Waals surface area contributed by atoms with Crippen LogP contribution in [0.3, 0.4) is 0 Å². The van der Waals surface area contributed by atoms with Crippen molar-refractivity contribution in [3.63, 3.8) is 0 Å². The van der Waals surface area contributed by atoms with Crippen LogP contribution in [0.1, 0.15) is 41.0 Å². The van der Waals surface area contributed by atoms with E-state index in [4.69, 9.17) is 14.3 Å². The minimum absolute atomic E-state index is 0. The number of nitriles is 1. The van der Waals surface area contributed by atoms with E-state index in [1.54, 1.807) is 0 Å². The Morgan fingerprint density at radius 3 is 1.86 bits per heavy atom. The third kappa shape index (κ3) is 19.6. The molecule has 0 N–H and O–H groups in total. The monoisotopic (exact) mass is 714 g/mol. The predicted molar refractivity (Wildman–Crippen MR) is 107 cm³/mol. The van der Waals surface area contributed by atoms with E-state index in [-0.39, 0.29) is 108 Å². The summed E-state index contributed by atoms with van der Waals surface area (Å²) in [6, 6.07) is 2.45. The van der Waals surface area contributed by atoms with Gasteiger partial charge in [0.15, 0.2) is 9.03 Å². The molecular weight excluding hydrogens is 676 g/mol. The molecule has 2 atom stereocenters. The van der Waals surface area contributed by atoms with Gasteiger partial charge in [-0.2, -0.15) is 5.26 Å². The van der Waals surface area contributed by atoms with Crippen LogP contribution in [-0.4, -0.2) is 86.3 Å². The summed E-state index contributed by atoms with van der Waals surface area (Å²) in [7, 11) is 0.0200. The van der Waals surface area contributed by atoms with Gasteiger partial charge in [-0.15, -0.1) is 0 Å². The van der Waals surface area contributed by atoms with Gasteiger partial charge in [0, 0.05) is 125 Å². The molecular formula is C18H39N4NiO2PPr2. The van der Waals surface area contributed by atoms with E-state index in [1.807, 2.05) is 0 Å². The van der Waals surface area contributed by atoms with Crippen molar-refractivity contribution in [1.29, 1.82) is 5.26 Å². The van der Waals surface area contributed by atoms with Crippen LogP contribution >= 0.6 is 9.03 Å².